The van der Waals surface area contributed by atoms with Gasteiger partial charge in [0.05, 0.1) is 0 Å². The lowest BCUT2D eigenvalue weighted by atomic mass is 10.3. The van der Waals surface area contributed by atoms with Gasteiger partial charge in [-0.15, -0.1) is 0 Å². The van der Waals surface area contributed by atoms with Crippen LogP contribution in [0, 0.1) is 13.8 Å². The van der Waals surface area contributed by atoms with Crippen LogP contribution in [0.2, 0.25) is 0 Å². The third-order valence-electron chi connectivity index (χ3n) is 2.51. The van der Waals surface area contributed by atoms with Crippen LogP contribution >= 0.6 is 0 Å². The molecule has 0 aliphatic rings. The molecule has 0 amide bonds. The van der Waals surface area contributed by atoms with Gasteiger partial charge in [-0.05, 0) is 20.3 Å². The van der Waals surface area contributed by atoms with E-state index in [9.17, 15) is 4.79 Å². The second-order valence-corrected chi connectivity index (χ2v) is 3.46. The van der Waals surface area contributed by atoms with Gasteiger partial charge in [0, 0.05) is 23.0 Å². The Bertz CT molecular complexity index is 536. The van der Waals surface area contributed by atoms with Crippen LogP contribution < -0.4 is 5.56 Å². The summed E-state index contributed by atoms with van der Waals surface area (Å²) in [6, 6.07) is 1.57. The molecular weight excluding hydrogens is 178 g/mol. The van der Waals surface area contributed by atoms with Crippen LogP contribution in [0.5, 0.6) is 0 Å². The number of aryl methyl sites for hydroxylation is 3. The highest BCUT2D eigenvalue weighted by Gasteiger charge is 2.07. The number of H-pyrrole nitrogens is 1. The summed E-state index contributed by atoms with van der Waals surface area (Å²) in [7, 11) is 0. The van der Waals surface area contributed by atoms with Crippen molar-refractivity contribution >= 4 is 5.65 Å². The van der Waals surface area contributed by atoms with E-state index in [1.807, 2.05) is 20.8 Å². The van der Waals surface area contributed by atoms with Crippen LogP contribution in [-0.4, -0.2) is 14.6 Å². The van der Waals surface area contributed by atoms with E-state index in [2.05, 4.69) is 10.1 Å². The maximum atomic E-state index is 11.6. The minimum atomic E-state index is -0.0388. The second kappa shape index (κ2) is 2.97. The van der Waals surface area contributed by atoms with Gasteiger partial charge in [0.2, 0.25) is 0 Å². The zero-order valence-corrected chi connectivity index (χ0v) is 8.59. The average Bonchev–Trinajstić information content (AvgIpc) is 2.45. The molecule has 0 aromatic carbocycles. The first kappa shape index (κ1) is 8.99. The zero-order chi connectivity index (χ0) is 10.3. The largest absolute Gasteiger partial charge is 0.294 e. The monoisotopic (exact) mass is 191 g/mol. The summed E-state index contributed by atoms with van der Waals surface area (Å²) >= 11 is 0. The molecule has 0 fully saturated rings. The van der Waals surface area contributed by atoms with Crippen molar-refractivity contribution in [2.24, 2.45) is 0 Å². The maximum absolute atomic E-state index is 11.6. The average molecular weight is 191 g/mol. The van der Waals surface area contributed by atoms with Crippen LogP contribution in [-0.2, 0) is 6.42 Å². The molecule has 0 aliphatic heterocycles. The molecule has 4 nitrogen and oxygen atoms in total. The van der Waals surface area contributed by atoms with E-state index in [1.54, 1.807) is 6.07 Å². The van der Waals surface area contributed by atoms with Crippen molar-refractivity contribution in [2.75, 3.05) is 0 Å². The van der Waals surface area contributed by atoms with E-state index in [1.165, 1.54) is 4.52 Å². The molecule has 2 heterocycles. The van der Waals surface area contributed by atoms with E-state index in [-0.39, 0.29) is 5.56 Å². The number of hydrogen-bond donors (Lipinski definition) is 1. The summed E-state index contributed by atoms with van der Waals surface area (Å²) in [6.45, 7) is 5.90. The van der Waals surface area contributed by atoms with E-state index >= 15 is 0 Å². The third-order valence-corrected chi connectivity index (χ3v) is 2.51. The van der Waals surface area contributed by atoms with E-state index < -0.39 is 0 Å². The number of aromatic amines is 1. The number of nitrogens with zero attached hydrogens (tertiary/aromatic N) is 2. The summed E-state index contributed by atoms with van der Waals surface area (Å²) in [4.78, 5) is 16.0. The second-order valence-electron chi connectivity index (χ2n) is 3.46. The predicted molar refractivity (Wildman–Crippen MR) is 54.7 cm³/mol. The molecule has 4 heteroatoms. The number of aromatic nitrogens is 3. The molecule has 0 unspecified atom stereocenters. The topological polar surface area (TPSA) is 50.2 Å². The Morgan fingerprint density at radius 2 is 2.21 bits per heavy atom. The van der Waals surface area contributed by atoms with Crippen LogP contribution in [0.3, 0.4) is 0 Å². The Balaban J connectivity index is 2.91. The van der Waals surface area contributed by atoms with Crippen LogP contribution in [0.1, 0.15) is 23.9 Å². The Morgan fingerprint density at radius 1 is 1.50 bits per heavy atom. The number of rotatable bonds is 1. The normalized spacial score (nSPS) is 11.1. The highest BCUT2D eigenvalue weighted by Crippen LogP contribution is 2.09. The third kappa shape index (κ3) is 1.14. The molecule has 2 aromatic heterocycles. The standard InChI is InChI=1S/C10H13N3O/c1-4-8-5-9(14)13-10(11-8)6(2)7(3)12-13/h5,12H,4H2,1-3H3. The molecule has 0 spiro atoms. The van der Waals surface area contributed by atoms with Crippen LogP contribution in [0.25, 0.3) is 5.65 Å². The summed E-state index contributed by atoms with van der Waals surface area (Å²) in [5, 5.41) is 2.99. The fraction of sp³-hybridized carbons (Fsp3) is 0.400. The summed E-state index contributed by atoms with van der Waals surface area (Å²) in [5.41, 5.74) is 3.58. The highest BCUT2D eigenvalue weighted by atomic mass is 16.1. The van der Waals surface area contributed by atoms with Gasteiger partial charge >= 0.3 is 0 Å². The molecule has 0 bridgehead atoms. The molecular formula is C10H13N3O. The van der Waals surface area contributed by atoms with E-state index in [0.717, 1.165) is 29.0 Å². The van der Waals surface area contributed by atoms with Crippen LogP contribution in [0.4, 0.5) is 0 Å². The summed E-state index contributed by atoms with van der Waals surface area (Å²) < 4.78 is 1.49. The molecule has 1 N–H and O–H groups in total. The number of nitrogens with one attached hydrogen (secondary N) is 1. The number of hydrogen-bond acceptors (Lipinski definition) is 2. The highest BCUT2D eigenvalue weighted by molar-refractivity contribution is 5.48. The van der Waals surface area contributed by atoms with Gasteiger partial charge < -0.3 is 0 Å². The summed E-state index contributed by atoms with van der Waals surface area (Å²) in [5.74, 6) is 0. The molecule has 0 atom stereocenters. The molecule has 0 saturated heterocycles. The molecule has 2 aromatic rings. The van der Waals surface area contributed by atoms with Gasteiger partial charge in [-0.25, -0.2) is 9.50 Å². The van der Waals surface area contributed by atoms with Crippen molar-refractivity contribution in [1.29, 1.82) is 0 Å². The van der Waals surface area contributed by atoms with Crippen molar-refractivity contribution in [2.45, 2.75) is 27.2 Å². The van der Waals surface area contributed by atoms with Gasteiger partial charge in [0.1, 0.15) is 0 Å². The van der Waals surface area contributed by atoms with Crippen molar-refractivity contribution in [3.8, 4) is 0 Å². The fourth-order valence-electron chi connectivity index (χ4n) is 1.49. The lowest BCUT2D eigenvalue weighted by Gasteiger charge is -1.96. The molecule has 74 valence electrons. The smallest absolute Gasteiger partial charge is 0.272 e. The SMILES string of the molecule is CCc1cc(=O)n2[nH]c(C)c(C)c2n1. The lowest BCUT2D eigenvalue weighted by Crippen LogP contribution is -2.15. The first-order chi connectivity index (χ1) is 6.63. The lowest BCUT2D eigenvalue weighted by molar-refractivity contribution is 0.862. The fourth-order valence-corrected chi connectivity index (χ4v) is 1.49. The van der Waals surface area contributed by atoms with Crippen molar-refractivity contribution < 1.29 is 0 Å². The van der Waals surface area contributed by atoms with Crippen molar-refractivity contribution in [3.63, 3.8) is 0 Å². The molecule has 0 radical (unpaired) electrons. The first-order valence-corrected chi connectivity index (χ1v) is 4.71. The van der Waals surface area contributed by atoms with Gasteiger partial charge in [-0.2, -0.15) is 0 Å². The number of fused-ring (bicyclic) bond motifs is 1. The van der Waals surface area contributed by atoms with Gasteiger partial charge in [0.25, 0.3) is 5.56 Å². The Kier molecular flexibility index (Phi) is 1.91. The molecule has 0 aliphatic carbocycles. The minimum absolute atomic E-state index is 0.0388. The first-order valence-electron chi connectivity index (χ1n) is 4.71. The maximum Gasteiger partial charge on any atom is 0.272 e. The Labute approximate surface area is 81.6 Å². The van der Waals surface area contributed by atoms with Gasteiger partial charge in [-0.3, -0.25) is 9.89 Å². The van der Waals surface area contributed by atoms with Gasteiger partial charge in [-0.1, -0.05) is 6.92 Å². The summed E-state index contributed by atoms with van der Waals surface area (Å²) in [6.07, 6.45) is 0.787. The van der Waals surface area contributed by atoms with Gasteiger partial charge in [0.15, 0.2) is 5.65 Å². The van der Waals surface area contributed by atoms with Crippen molar-refractivity contribution in [1.82, 2.24) is 14.6 Å². The molecule has 0 saturated carbocycles. The zero-order valence-electron chi connectivity index (χ0n) is 8.59. The van der Waals surface area contributed by atoms with E-state index in [0.29, 0.717) is 0 Å². The molecule has 2 rings (SSSR count). The van der Waals surface area contributed by atoms with E-state index in [4.69, 9.17) is 0 Å². The van der Waals surface area contributed by atoms with Crippen LogP contribution in [0.15, 0.2) is 10.9 Å². The molecule has 14 heavy (non-hydrogen) atoms. The Morgan fingerprint density at radius 3 is 2.86 bits per heavy atom. The predicted octanol–water partition coefficient (Wildman–Crippen LogP) is 1.20. The van der Waals surface area contributed by atoms with Crippen molar-refractivity contribution in [3.05, 3.63) is 33.4 Å². The minimum Gasteiger partial charge on any atom is -0.294 e. The quantitative estimate of drug-likeness (QED) is 0.736. The Hall–Kier alpha value is -1.58.